The highest BCUT2D eigenvalue weighted by Crippen LogP contribution is 2.28. The normalized spacial score (nSPS) is 11.6. The molecule has 0 aliphatic rings. The maximum Gasteiger partial charge on any atom is 0.220 e. The summed E-state index contributed by atoms with van der Waals surface area (Å²) in [4.78, 5) is 23.4. The van der Waals surface area contributed by atoms with Crippen LogP contribution in [0, 0.1) is 11.8 Å². The van der Waals surface area contributed by atoms with E-state index in [1.807, 2.05) is 6.07 Å². The summed E-state index contributed by atoms with van der Waals surface area (Å²) in [7, 11) is 3.02. The van der Waals surface area contributed by atoms with Crippen LogP contribution in [0.4, 0.5) is 0 Å². The van der Waals surface area contributed by atoms with Gasteiger partial charge in [-0.2, -0.15) is 0 Å². The third kappa shape index (κ3) is 16.5. The average molecular weight is 599 g/mol. The number of phenols is 2. The number of rotatable bonds is 19. The number of hydrogen-bond donors (Lipinski definition) is 4. The molecule has 5 N–H and O–H groups in total. The van der Waals surface area contributed by atoms with Crippen LogP contribution in [0.2, 0.25) is 0 Å². The van der Waals surface area contributed by atoms with Gasteiger partial charge in [-0.15, -0.1) is 0 Å². The lowest BCUT2D eigenvalue weighted by Crippen LogP contribution is -2.25. The van der Waals surface area contributed by atoms with Crippen molar-refractivity contribution in [2.45, 2.75) is 97.9 Å². The Morgan fingerprint density at radius 2 is 1.49 bits per heavy atom. The molecule has 1 atom stereocenters. The summed E-state index contributed by atoms with van der Waals surface area (Å²) in [5, 5.41) is 22.0. The maximum absolute atomic E-state index is 11.8. The lowest BCUT2D eigenvalue weighted by atomic mass is 9.92. The molecule has 8 heteroatoms. The van der Waals surface area contributed by atoms with Crippen LogP contribution < -0.4 is 20.5 Å². The molecule has 2 aromatic rings. The minimum atomic E-state index is -0.252. The van der Waals surface area contributed by atoms with Crippen molar-refractivity contribution in [3.63, 3.8) is 0 Å². The van der Waals surface area contributed by atoms with Crippen LogP contribution >= 0.6 is 0 Å². The minimum absolute atomic E-state index is 0.0554. The molecule has 0 fully saturated rings. The highest BCUT2D eigenvalue weighted by molar-refractivity contribution is 5.77. The molecule has 0 aromatic heterocycles. The number of primary amides is 1. The number of unbranched alkanes of at least 4 members (excludes halogenated alkanes) is 6. The molecule has 0 spiro atoms. The number of allylic oxidation sites excluding steroid dienone is 2. The molecule has 2 rings (SSSR count). The molecule has 240 valence electrons. The first kappa shape index (κ1) is 37.3. The molecule has 0 bridgehead atoms. The van der Waals surface area contributed by atoms with E-state index >= 15 is 0 Å². The molecule has 0 radical (unpaired) electrons. The van der Waals surface area contributed by atoms with Crippen molar-refractivity contribution in [3.8, 4) is 23.0 Å². The van der Waals surface area contributed by atoms with Crippen LogP contribution in [0.5, 0.6) is 23.0 Å². The molecule has 0 aliphatic carbocycles. The van der Waals surface area contributed by atoms with Crippen molar-refractivity contribution in [1.29, 1.82) is 0 Å². The molecule has 1 unspecified atom stereocenters. The zero-order valence-electron chi connectivity index (χ0n) is 26.9. The molecular weight excluding hydrogens is 544 g/mol. The highest BCUT2D eigenvalue weighted by atomic mass is 16.5. The predicted molar refractivity (Wildman–Crippen MR) is 173 cm³/mol. The van der Waals surface area contributed by atoms with Gasteiger partial charge in [-0.1, -0.05) is 77.2 Å². The van der Waals surface area contributed by atoms with Crippen LogP contribution in [-0.2, 0) is 22.6 Å². The molecule has 0 saturated heterocycles. The highest BCUT2D eigenvalue weighted by Gasteiger charge is 2.16. The first-order valence-corrected chi connectivity index (χ1v) is 15.6. The maximum atomic E-state index is 11.8. The Morgan fingerprint density at radius 3 is 2.07 bits per heavy atom. The van der Waals surface area contributed by atoms with Gasteiger partial charge in [0.25, 0.3) is 0 Å². The van der Waals surface area contributed by atoms with Crippen molar-refractivity contribution in [3.05, 3.63) is 59.7 Å². The summed E-state index contributed by atoms with van der Waals surface area (Å²) in [6, 6.07) is 10.2. The molecule has 0 saturated carbocycles. The van der Waals surface area contributed by atoms with Crippen LogP contribution in [-0.4, -0.2) is 36.2 Å². The molecule has 0 heterocycles. The number of carbonyl (C=O) groups excluding carboxylic acids is 2. The quantitative estimate of drug-likeness (QED) is 0.0999. The Kier molecular flexibility index (Phi) is 19.1. The molecule has 43 heavy (non-hydrogen) atoms. The topological polar surface area (TPSA) is 131 Å². The number of ether oxygens (including phenoxy) is 2. The van der Waals surface area contributed by atoms with Crippen molar-refractivity contribution < 1.29 is 29.3 Å². The Hall–Kier alpha value is -3.68. The number of benzene rings is 2. The summed E-state index contributed by atoms with van der Waals surface area (Å²) in [5.74, 6) is 1.30. The van der Waals surface area contributed by atoms with E-state index in [1.54, 1.807) is 30.3 Å². The molecule has 8 nitrogen and oxygen atoms in total. The van der Waals surface area contributed by atoms with Crippen LogP contribution in [0.3, 0.4) is 0 Å². The van der Waals surface area contributed by atoms with Gasteiger partial charge in [-0.25, -0.2) is 0 Å². The predicted octanol–water partition coefficient (Wildman–Crippen LogP) is 7.19. The number of methoxy groups -OCH3 is 2. The molecule has 2 amide bonds. The van der Waals surface area contributed by atoms with Gasteiger partial charge >= 0.3 is 0 Å². The van der Waals surface area contributed by atoms with E-state index < -0.39 is 0 Å². The van der Waals surface area contributed by atoms with Crippen LogP contribution in [0.1, 0.15) is 96.1 Å². The third-order valence-electron chi connectivity index (χ3n) is 7.06. The fraction of sp³-hybridized carbons (Fsp3) is 0.543. The second kappa shape index (κ2) is 21.9. The number of amides is 2. The smallest absolute Gasteiger partial charge is 0.220 e. The van der Waals surface area contributed by atoms with E-state index in [9.17, 15) is 19.8 Å². The summed E-state index contributed by atoms with van der Waals surface area (Å²) < 4.78 is 10.1. The van der Waals surface area contributed by atoms with Gasteiger partial charge in [0.1, 0.15) is 0 Å². The summed E-state index contributed by atoms with van der Waals surface area (Å²) in [5.41, 5.74) is 7.37. The Labute approximate surface area is 258 Å². The second-order valence-electron chi connectivity index (χ2n) is 11.2. The van der Waals surface area contributed by atoms with Crippen LogP contribution in [0.15, 0.2) is 48.6 Å². The number of phenolic OH excluding ortho intramolecular Hbond substituents is 2. The van der Waals surface area contributed by atoms with E-state index in [2.05, 4.69) is 38.2 Å². The van der Waals surface area contributed by atoms with Gasteiger partial charge in [0.05, 0.1) is 14.2 Å². The standard InChI is InChI=1S/C18H27NO3.C17H27NO3/c1-14(2)8-6-4-5-7-9-18(21)19-13-15-10-11-16(20)17(12-15)22-3;1-3-4-5-6-7-8-14(17(18)20)11-13-9-10-15(19)16(12-13)21-2/h6,8,10-12,14,20H,4-5,7,9,13H2,1-3H3,(H,19,21);9-10,12,14,19H,3-8,11H2,1-2H3,(H2,18,20). The van der Waals surface area contributed by atoms with Gasteiger partial charge in [0.2, 0.25) is 11.8 Å². The Bertz CT molecular complexity index is 1120. The lowest BCUT2D eigenvalue weighted by Gasteiger charge is -2.14. The monoisotopic (exact) mass is 598 g/mol. The number of nitrogens with two attached hydrogens (primary N) is 1. The SMILES string of the molecule is CCCCCCCC(Cc1ccc(O)c(OC)c1)C(N)=O.COc1cc(CNC(=O)CCCCC=CC(C)C)ccc1O. The summed E-state index contributed by atoms with van der Waals surface area (Å²) >= 11 is 0. The lowest BCUT2D eigenvalue weighted by molar-refractivity contribution is -0.122. The number of carbonyl (C=O) groups is 2. The average Bonchev–Trinajstić information content (AvgIpc) is 2.98. The Balaban J connectivity index is 0.000000430. The molecule has 0 aliphatic heterocycles. The van der Waals surface area contributed by atoms with Crippen molar-refractivity contribution in [1.82, 2.24) is 5.32 Å². The molecular formula is C35H54N2O6. The second-order valence-corrected chi connectivity index (χ2v) is 11.2. The first-order valence-electron chi connectivity index (χ1n) is 15.6. The number of hydrogen-bond acceptors (Lipinski definition) is 6. The first-order chi connectivity index (χ1) is 20.6. The van der Waals surface area contributed by atoms with Crippen molar-refractivity contribution in [2.24, 2.45) is 17.6 Å². The van der Waals surface area contributed by atoms with E-state index in [4.69, 9.17) is 15.2 Å². The largest absolute Gasteiger partial charge is 0.504 e. The van der Waals surface area contributed by atoms with Crippen molar-refractivity contribution in [2.75, 3.05) is 14.2 Å². The van der Waals surface area contributed by atoms with Gasteiger partial charge in [-0.05, 0) is 73.4 Å². The summed E-state index contributed by atoms with van der Waals surface area (Å²) in [6.07, 6.45) is 15.2. The minimum Gasteiger partial charge on any atom is -0.504 e. The van der Waals surface area contributed by atoms with Gasteiger partial charge in [0, 0.05) is 18.9 Å². The van der Waals surface area contributed by atoms with Gasteiger partial charge in [0.15, 0.2) is 23.0 Å². The Morgan fingerprint density at radius 1 is 0.884 bits per heavy atom. The summed E-state index contributed by atoms with van der Waals surface area (Å²) in [6.45, 7) is 6.94. The fourth-order valence-electron chi connectivity index (χ4n) is 4.51. The van der Waals surface area contributed by atoms with E-state index in [-0.39, 0.29) is 29.2 Å². The van der Waals surface area contributed by atoms with Crippen molar-refractivity contribution >= 4 is 11.8 Å². The fourth-order valence-corrected chi connectivity index (χ4v) is 4.51. The van der Waals surface area contributed by atoms with E-state index in [1.165, 1.54) is 33.5 Å². The van der Waals surface area contributed by atoms with Gasteiger partial charge in [-0.3, -0.25) is 9.59 Å². The zero-order valence-corrected chi connectivity index (χ0v) is 26.9. The number of aromatic hydroxyl groups is 2. The zero-order chi connectivity index (χ0) is 32.0. The van der Waals surface area contributed by atoms with E-state index in [0.29, 0.717) is 36.8 Å². The van der Waals surface area contributed by atoms with E-state index in [0.717, 1.165) is 49.7 Å². The van der Waals surface area contributed by atoms with Gasteiger partial charge < -0.3 is 30.7 Å². The third-order valence-corrected chi connectivity index (χ3v) is 7.06. The van der Waals surface area contributed by atoms with Crippen LogP contribution in [0.25, 0.3) is 0 Å². The number of nitrogens with one attached hydrogen (secondary N) is 1. The molecule has 2 aromatic carbocycles.